The molecule has 5 rings (SSSR count). The van der Waals surface area contributed by atoms with E-state index in [0.717, 1.165) is 37.2 Å². The van der Waals surface area contributed by atoms with Gasteiger partial charge in [-0.25, -0.2) is 9.48 Å². The molecular formula is C21H24N6O2. The van der Waals surface area contributed by atoms with Crippen LogP contribution < -0.4 is 4.90 Å². The number of benzene rings is 1. The predicted octanol–water partition coefficient (Wildman–Crippen LogP) is 2.13. The van der Waals surface area contributed by atoms with Gasteiger partial charge in [0.05, 0.1) is 24.0 Å². The van der Waals surface area contributed by atoms with Crippen LogP contribution in [-0.2, 0) is 4.79 Å². The molecule has 29 heavy (non-hydrogen) atoms. The molecule has 150 valence electrons. The summed E-state index contributed by atoms with van der Waals surface area (Å²) in [6.45, 7) is 4.85. The first-order valence-corrected chi connectivity index (χ1v) is 10.2. The minimum atomic E-state index is -0.204. The van der Waals surface area contributed by atoms with E-state index in [0.29, 0.717) is 30.7 Å². The standard InChI is InChI=1S/C21H24N6O2/c1-15-7-10-24(11-8-15)18(28)14-26-20-17(19-22-9-12-25(19)21(26)29)13-23-27(20)16-5-3-2-4-6-16/h2-6,13,15H,7-12,14H2,1H3. The molecule has 1 fully saturated rings. The fourth-order valence-corrected chi connectivity index (χ4v) is 4.25. The second-order valence-electron chi connectivity index (χ2n) is 7.92. The zero-order valence-electron chi connectivity index (χ0n) is 16.5. The van der Waals surface area contributed by atoms with Gasteiger partial charge >= 0.3 is 6.03 Å². The van der Waals surface area contributed by atoms with Crippen LogP contribution in [0, 0.1) is 5.92 Å². The number of aliphatic imine (C=N–C) groups is 1. The van der Waals surface area contributed by atoms with Crippen molar-refractivity contribution in [3.63, 3.8) is 0 Å². The van der Waals surface area contributed by atoms with Crippen LogP contribution in [0.15, 0.2) is 41.5 Å². The Balaban J connectivity index is 1.52. The topological polar surface area (TPSA) is 74.0 Å². The lowest BCUT2D eigenvalue weighted by Gasteiger charge is -2.36. The first-order valence-electron chi connectivity index (χ1n) is 10.2. The molecule has 1 aromatic carbocycles. The number of anilines is 1. The third-order valence-electron chi connectivity index (χ3n) is 5.97. The van der Waals surface area contributed by atoms with Crippen LogP contribution in [0.4, 0.5) is 10.6 Å². The second kappa shape index (κ2) is 7.02. The van der Waals surface area contributed by atoms with Crippen LogP contribution in [0.5, 0.6) is 0 Å². The van der Waals surface area contributed by atoms with Gasteiger partial charge in [0, 0.05) is 19.6 Å². The first kappa shape index (κ1) is 17.9. The van der Waals surface area contributed by atoms with Crippen LogP contribution in [-0.4, -0.2) is 70.1 Å². The highest BCUT2D eigenvalue weighted by atomic mass is 16.2. The minimum Gasteiger partial charge on any atom is -0.341 e. The molecular weight excluding hydrogens is 368 g/mol. The number of piperidine rings is 1. The minimum absolute atomic E-state index is 0.0164. The van der Waals surface area contributed by atoms with E-state index in [1.807, 2.05) is 35.2 Å². The maximum absolute atomic E-state index is 13.3. The van der Waals surface area contributed by atoms with Gasteiger partial charge < -0.3 is 4.90 Å². The van der Waals surface area contributed by atoms with Crippen molar-refractivity contribution in [1.82, 2.24) is 19.6 Å². The molecule has 0 spiro atoms. The van der Waals surface area contributed by atoms with Crippen molar-refractivity contribution in [2.24, 2.45) is 10.9 Å². The molecule has 2 aromatic rings. The largest absolute Gasteiger partial charge is 0.341 e. The maximum Gasteiger partial charge on any atom is 0.331 e. The molecule has 0 atom stereocenters. The zero-order chi connectivity index (χ0) is 20.0. The van der Waals surface area contributed by atoms with Crippen molar-refractivity contribution in [2.45, 2.75) is 19.8 Å². The third kappa shape index (κ3) is 2.99. The smallest absolute Gasteiger partial charge is 0.331 e. The summed E-state index contributed by atoms with van der Waals surface area (Å²) in [6.07, 6.45) is 3.76. The average Bonchev–Trinajstić information content (AvgIpc) is 3.39. The van der Waals surface area contributed by atoms with Gasteiger partial charge in [0.2, 0.25) is 5.91 Å². The van der Waals surface area contributed by atoms with Crippen molar-refractivity contribution >= 4 is 23.6 Å². The Labute approximate surface area is 169 Å². The zero-order valence-corrected chi connectivity index (χ0v) is 16.5. The molecule has 8 nitrogen and oxygen atoms in total. The third-order valence-corrected chi connectivity index (χ3v) is 5.97. The maximum atomic E-state index is 13.3. The van der Waals surface area contributed by atoms with Crippen LogP contribution in [0.3, 0.4) is 0 Å². The van der Waals surface area contributed by atoms with Gasteiger partial charge in [0.15, 0.2) is 5.82 Å². The molecule has 1 aromatic heterocycles. The van der Waals surface area contributed by atoms with Crippen molar-refractivity contribution in [2.75, 3.05) is 37.6 Å². The number of urea groups is 1. The summed E-state index contributed by atoms with van der Waals surface area (Å²) >= 11 is 0. The van der Waals surface area contributed by atoms with E-state index in [2.05, 4.69) is 17.0 Å². The molecule has 0 unspecified atom stereocenters. The fourth-order valence-electron chi connectivity index (χ4n) is 4.25. The Morgan fingerprint density at radius 2 is 1.90 bits per heavy atom. The molecule has 8 heteroatoms. The van der Waals surface area contributed by atoms with Gasteiger partial charge in [-0.15, -0.1) is 0 Å². The summed E-state index contributed by atoms with van der Waals surface area (Å²) in [6, 6.07) is 9.46. The SMILES string of the molecule is CC1CCN(C(=O)CN2C(=O)N3CCN=C3c3cnn(-c4ccccc4)c32)CC1. The number of likely N-dealkylation sites (tertiary alicyclic amines) is 1. The fraction of sp³-hybridized carbons (Fsp3) is 0.429. The molecule has 0 radical (unpaired) electrons. The number of hydrogen-bond donors (Lipinski definition) is 0. The summed E-state index contributed by atoms with van der Waals surface area (Å²) in [5.74, 6) is 1.90. The van der Waals surface area contributed by atoms with E-state index < -0.39 is 0 Å². The first-order chi connectivity index (χ1) is 14.1. The van der Waals surface area contributed by atoms with E-state index in [9.17, 15) is 9.59 Å². The van der Waals surface area contributed by atoms with E-state index in [1.54, 1.807) is 20.7 Å². The van der Waals surface area contributed by atoms with Crippen LogP contribution >= 0.6 is 0 Å². The number of amides is 3. The van der Waals surface area contributed by atoms with Crippen molar-refractivity contribution in [1.29, 1.82) is 0 Å². The van der Waals surface area contributed by atoms with Gasteiger partial charge in [-0.05, 0) is 30.9 Å². The Morgan fingerprint density at radius 1 is 1.14 bits per heavy atom. The number of amidine groups is 1. The van der Waals surface area contributed by atoms with Gasteiger partial charge in [-0.2, -0.15) is 5.10 Å². The summed E-state index contributed by atoms with van der Waals surface area (Å²) in [7, 11) is 0. The number of carbonyl (C=O) groups excluding carboxylic acids is 2. The summed E-state index contributed by atoms with van der Waals surface area (Å²) in [5.41, 5.74) is 1.64. The van der Waals surface area contributed by atoms with Crippen molar-refractivity contribution in [3.8, 4) is 5.69 Å². The Hall–Kier alpha value is -3.16. The van der Waals surface area contributed by atoms with E-state index >= 15 is 0 Å². The molecule has 1 saturated heterocycles. The van der Waals surface area contributed by atoms with Gasteiger partial charge in [0.1, 0.15) is 12.4 Å². The number of para-hydroxylation sites is 1. The summed E-state index contributed by atoms with van der Waals surface area (Å²) in [5, 5.41) is 4.53. The molecule has 0 saturated carbocycles. The average molecular weight is 392 g/mol. The Kier molecular flexibility index (Phi) is 4.34. The number of carbonyl (C=O) groups is 2. The Morgan fingerprint density at radius 3 is 2.66 bits per heavy atom. The number of rotatable bonds is 3. The molecule has 3 aliphatic rings. The van der Waals surface area contributed by atoms with E-state index in [-0.39, 0.29) is 18.5 Å². The number of nitrogens with zero attached hydrogens (tertiary/aromatic N) is 6. The van der Waals surface area contributed by atoms with Crippen molar-refractivity contribution < 1.29 is 9.59 Å². The van der Waals surface area contributed by atoms with E-state index in [4.69, 9.17) is 0 Å². The van der Waals surface area contributed by atoms with Gasteiger partial charge in [-0.3, -0.25) is 19.6 Å². The predicted molar refractivity (Wildman–Crippen MR) is 109 cm³/mol. The van der Waals surface area contributed by atoms with Crippen LogP contribution in [0.1, 0.15) is 25.3 Å². The molecule has 3 amide bonds. The molecule has 0 bridgehead atoms. The van der Waals surface area contributed by atoms with Crippen LogP contribution in [0.25, 0.3) is 5.69 Å². The van der Waals surface area contributed by atoms with Crippen LogP contribution in [0.2, 0.25) is 0 Å². The highest BCUT2D eigenvalue weighted by Gasteiger charge is 2.41. The molecule has 0 aliphatic carbocycles. The quantitative estimate of drug-likeness (QED) is 0.803. The number of hydrogen-bond acceptors (Lipinski definition) is 4. The number of fused-ring (bicyclic) bond motifs is 3. The van der Waals surface area contributed by atoms with Crippen molar-refractivity contribution in [3.05, 3.63) is 42.1 Å². The monoisotopic (exact) mass is 392 g/mol. The van der Waals surface area contributed by atoms with Gasteiger partial charge in [-0.1, -0.05) is 25.1 Å². The lowest BCUT2D eigenvalue weighted by Crippen LogP contribution is -2.54. The molecule has 0 N–H and O–H groups in total. The molecule has 3 aliphatic heterocycles. The summed E-state index contributed by atoms with van der Waals surface area (Å²) in [4.78, 5) is 35.9. The van der Waals surface area contributed by atoms with E-state index in [1.165, 1.54) is 0 Å². The van der Waals surface area contributed by atoms with Gasteiger partial charge in [0.25, 0.3) is 0 Å². The lowest BCUT2D eigenvalue weighted by molar-refractivity contribution is -0.130. The Bertz CT molecular complexity index is 974. The molecule has 4 heterocycles. The second-order valence-corrected chi connectivity index (χ2v) is 7.92. The lowest BCUT2D eigenvalue weighted by atomic mass is 9.99. The highest BCUT2D eigenvalue weighted by molar-refractivity contribution is 6.20. The number of aromatic nitrogens is 2. The normalized spacial score (nSPS) is 19.3. The highest BCUT2D eigenvalue weighted by Crippen LogP contribution is 2.33. The summed E-state index contributed by atoms with van der Waals surface area (Å²) < 4.78 is 1.73.